The molecule has 0 bridgehead atoms. The summed E-state index contributed by atoms with van der Waals surface area (Å²) in [4.78, 5) is 12.3. The molecular weight excluding hydrogens is 396 g/mol. The second kappa shape index (κ2) is 5.71. The van der Waals surface area contributed by atoms with Gasteiger partial charge in [-0.25, -0.2) is 8.37 Å². The molecule has 162 valence electrons. The van der Waals surface area contributed by atoms with Crippen molar-refractivity contribution in [2.75, 3.05) is 0 Å². The minimum absolute atomic E-state index is 0.109. The third-order valence-corrected chi connectivity index (χ3v) is 10.4. The minimum atomic E-state index is -4.02. The van der Waals surface area contributed by atoms with E-state index in [1.165, 1.54) is 6.92 Å². The molecule has 4 aliphatic carbocycles. The van der Waals surface area contributed by atoms with Gasteiger partial charge in [0.2, 0.25) is 5.79 Å². The van der Waals surface area contributed by atoms with Crippen molar-refractivity contribution in [1.29, 1.82) is 0 Å². The van der Waals surface area contributed by atoms with Crippen LogP contribution >= 0.6 is 0 Å². The smallest absolute Gasteiger partial charge is 0.393 e. The molecule has 2 N–H and O–H groups in total. The van der Waals surface area contributed by atoms with Crippen LogP contribution in [0.25, 0.3) is 0 Å². The zero-order valence-corrected chi connectivity index (χ0v) is 18.0. The van der Waals surface area contributed by atoms with Gasteiger partial charge in [-0.3, -0.25) is 4.79 Å². The van der Waals surface area contributed by atoms with E-state index in [2.05, 4.69) is 6.08 Å². The van der Waals surface area contributed by atoms with Gasteiger partial charge in [0, 0.05) is 17.3 Å². The van der Waals surface area contributed by atoms with Gasteiger partial charge >= 0.3 is 10.4 Å². The predicted octanol–water partition coefficient (Wildman–Crippen LogP) is 2.23. The highest BCUT2D eigenvalue weighted by Crippen LogP contribution is 2.70. The van der Waals surface area contributed by atoms with Gasteiger partial charge in [-0.15, -0.1) is 0 Å². The maximum Gasteiger partial charge on any atom is 0.405 e. The SMILES string of the molecule is CC(=O)[C@]1(O)CCC2C3CC=C4C[C@H](O)CC5(OS(=O)(=O)O5)[C@]4(C)C3CC[C@@]21C. The van der Waals surface area contributed by atoms with Crippen LogP contribution < -0.4 is 0 Å². The number of aliphatic hydroxyl groups excluding tert-OH is 1. The third kappa shape index (κ3) is 2.27. The first-order valence-corrected chi connectivity index (χ1v) is 12.0. The fourth-order valence-corrected chi connectivity index (χ4v) is 9.06. The van der Waals surface area contributed by atoms with E-state index in [-0.39, 0.29) is 30.0 Å². The van der Waals surface area contributed by atoms with Gasteiger partial charge in [-0.05, 0) is 63.2 Å². The van der Waals surface area contributed by atoms with Crippen LogP contribution in [0.3, 0.4) is 0 Å². The Morgan fingerprint density at radius 2 is 1.83 bits per heavy atom. The largest absolute Gasteiger partial charge is 0.405 e. The topological polar surface area (TPSA) is 110 Å². The van der Waals surface area contributed by atoms with Crippen LogP contribution in [0.1, 0.15) is 65.7 Å². The van der Waals surface area contributed by atoms with Crippen molar-refractivity contribution < 1.29 is 31.8 Å². The molecule has 5 aliphatic rings. The van der Waals surface area contributed by atoms with E-state index in [0.717, 1.165) is 24.8 Å². The highest BCUT2D eigenvalue weighted by Gasteiger charge is 2.73. The van der Waals surface area contributed by atoms with E-state index in [4.69, 9.17) is 8.37 Å². The maximum absolute atomic E-state index is 12.3. The summed E-state index contributed by atoms with van der Waals surface area (Å²) >= 11 is 0. The Bertz CT molecular complexity index is 898. The Morgan fingerprint density at radius 3 is 2.45 bits per heavy atom. The van der Waals surface area contributed by atoms with Crippen molar-refractivity contribution >= 4 is 16.2 Å². The Morgan fingerprint density at radius 1 is 1.17 bits per heavy atom. The summed E-state index contributed by atoms with van der Waals surface area (Å²) in [5, 5.41) is 21.6. The van der Waals surface area contributed by atoms with Crippen LogP contribution in [0, 0.1) is 28.6 Å². The van der Waals surface area contributed by atoms with Crippen molar-refractivity contribution in [2.45, 2.75) is 83.2 Å². The molecule has 0 aromatic heterocycles. The summed E-state index contributed by atoms with van der Waals surface area (Å²) in [7, 11) is -4.02. The quantitative estimate of drug-likeness (QED) is 0.619. The molecule has 8 heteroatoms. The maximum atomic E-state index is 12.3. The number of rotatable bonds is 1. The van der Waals surface area contributed by atoms with Crippen LogP contribution in [-0.2, 0) is 23.6 Å². The van der Waals surface area contributed by atoms with Gasteiger partial charge in [-0.1, -0.05) is 25.5 Å². The lowest BCUT2D eigenvalue weighted by molar-refractivity contribution is -0.295. The first-order chi connectivity index (χ1) is 13.4. The van der Waals surface area contributed by atoms with Crippen LogP contribution in [0.4, 0.5) is 0 Å². The average molecular weight is 427 g/mol. The molecule has 1 spiro atoms. The second-order valence-corrected chi connectivity index (χ2v) is 11.5. The molecule has 0 amide bonds. The van der Waals surface area contributed by atoms with Gasteiger partial charge in [0.1, 0.15) is 5.60 Å². The van der Waals surface area contributed by atoms with Crippen molar-refractivity contribution in [3.05, 3.63) is 11.6 Å². The molecular formula is C21H30O7S. The van der Waals surface area contributed by atoms with E-state index >= 15 is 0 Å². The number of aliphatic hydroxyl groups is 2. The number of carbonyl (C=O) groups excluding carboxylic acids is 1. The lowest BCUT2D eigenvalue weighted by Gasteiger charge is -2.64. The Kier molecular flexibility index (Phi) is 3.96. The van der Waals surface area contributed by atoms with Gasteiger partial charge in [0.25, 0.3) is 0 Å². The number of ketones is 1. The number of fused-ring (bicyclic) bond motifs is 6. The molecule has 7 nitrogen and oxygen atoms in total. The minimum Gasteiger partial charge on any atom is -0.393 e. The number of allylic oxidation sites excluding steroid dienone is 1. The van der Waals surface area contributed by atoms with E-state index in [1.807, 2.05) is 13.8 Å². The molecule has 1 heterocycles. The van der Waals surface area contributed by atoms with E-state index in [0.29, 0.717) is 19.3 Å². The lowest BCUT2D eigenvalue weighted by atomic mass is 9.45. The van der Waals surface area contributed by atoms with Gasteiger partial charge < -0.3 is 10.2 Å². The van der Waals surface area contributed by atoms with Gasteiger partial charge in [0.15, 0.2) is 5.78 Å². The fraction of sp³-hybridized carbons (Fsp3) is 0.857. The van der Waals surface area contributed by atoms with E-state index in [9.17, 15) is 23.4 Å². The Balaban J connectivity index is 1.57. The summed E-state index contributed by atoms with van der Waals surface area (Å²) in [5.74, 6) is -1.03. The summed E-state index contributed by atoms with van der Waals surface area (Å²) < 4.78 is 34.5. The highest BCUT2D eigenvalue weighted by atomic mass is 32.3. The molecule has 0 aromatic rings. The van der Waals surface area contributed by atoms with Crippen molar-refractivity contribution in [3.8, 4) is 0 Å². The third-order valence-electron chi connectivity index (χ3n) is 9.44. The van der Waals surface area contributed by atoms with Crippen LogP contribution in [-0.4, -0.2) is 41.9 Å². The van der Waals surface area contributed by atoms with Gasteiger partial charge in [0.05, 0.1) is 6.10 Å². The van der Waals surface area contributed by atoms with Crippen molar-refractivity contribution in [1.82, 2.24) is 0 Å². The average Bonchev–Trinajstić information content (AvgIpc) is 2.87. The summed E-state index contributed by atoms with van der Waals surface area (Å²) in [5.41, 5.74) is -1.41. The molecule has 3 unspecified atom stereocenters. The first kappa shape index (κ1) is 20.1. The summed E-state index contributed by atoms with van der Waals surface area (Å²) in [6.45, 7) is 5.55. The number of hydrogen-bond acceptors (Lipinski definition) is 7. The van der Waals surface area contributed by atoms with E-state index < -0.39 is 38.7 Å². The molecule has 1 aliphatic heterocycles. The van der Waals surface area contributed by atoms with Crippen molar-refractivity contribution in [2.24, 2.45) is 28.6 Å². The van der Waals surface area contributed by atoms with E-state index in [1.54, 1.807) is 0 Å². The molecule has 0 aromatic carbocycles. The zero-order chi connectivity index (χ0) is 21.0. The molecule has 5 rings (SSSR count). The number of Topliss-reactive ketones (excluding diaryl/α,β-unsaturated/α-hetero) is 1. The number of carbonyl (C=O) groups is 1. The molecule has 4 fully saturated rings. The molecule has 0 radical (unpaired) electrons. The first-order valence-electron chi connectivity index (χ1n) is 10.7. The normalized spacial score (nSPS) is 52.0. The van der Waals surface area contributed by atoms with Crippen molar-refractivity contribution in [3.63, 3.8) is 0 Å². The fourth-order valence-electron chi connectivity index (χ4n) is 7.90. The molecule has 7 atom stereocenters. The highest BCUT2D eigenvalue weighted by molar-refractivity contribution is 7.82. The second-order valence-electron chi connectivity index (χ2n) is 10.3. The zero-order valence-electron chi connectivity index (χ0n) is 17.2. The molecule has 29 heavy (non-hydrogen) atoms. The Hall–Kier alpha value is -0.800. The standard InChI is InChI=1S/C21H30O7S/c1-12(22)20(24)9-7-16-15-5-4-13-10-14(23)11-21(27-29(25,26)28-21)19(13,3)17(15)6-8-18(16,20)2/h4,14-17,23-24H,5-11H2,1-3H3/t14-,15?,16?,17?,18-,19-,20+/m0/s1. The van der Waals surface area contributed by atoms with Crippen LogP contribution in [0.2, 0.25) is 0 Å². The summed E-state index contributed by atoms with van der Waals surface area (Å²) in [6, 6.07) is 0. The molecule has 1 saturated heterocycles. The summed E-state index contributed by atoms with van der Waals surface area (Å²) in [6.07, 6.45) is 5.56. The van der Waals surface area contributed by atoms with Crippen LogP contribution in [0.15, 0.2) is 11.6 Å². The number of hydrogen-bond donors (Lipinski definition) is 2. The molecule has 3 saturated carbocycles. The Labute approximate surface area is 171 Å². The lowest BCUT2D eigenvalue weighted by Crippen LogP contribution is -2.69. The monoisotopic (exact) mass is 426 g/mol. The van der Waals surface area contributed by atoms with Crippen LogP contribution in [0.5, 0.6) is 0 Å². The predicted molar refractivity (Wildman–Crippen MR) is 103 cm³/mol. The van der Waals surface area contributed by atoms with Gasteiger partial charge in [-0.2, -0.15) is 8.42 Å².